The monoisotopic (exact) mass is 447 g/mol. The summed E-state index contributed by atoms with van der Waals surface area (Å²) in [6.45, 7) is 0. The smallest absolute Gasteiger partial charge is 0.266 e. The van der Waals surface area contributed by atoms with Gasteiger partial charge in [-0.15, -0.1) is 0 Å². The number of hydrogen-bond acceptors (Lipinski definition) is 4. The Morgan fingerprint density at radius 3 is 2.38 bits per heavy atom. The number of amides is 2. The highest BCUT2D eigenvalue weighted by Crippen LogP contribution is 2.38. The fourth-order valence-corrected chi connectivity index (χ4v) is 4.97. The summed E-state index contributed by atoms with van der Waals surface area (Å²) in [5.74, 6) is -0.777. The van der Waals surface area contributed by atoms with Crippen molar-refractivity contribution in [3.63, 3.8) is 0 Å². The van der Waals surface area contributed by atoms with Gasteiger partial charge in [-0.2, -0.15) is 0 Å². The minimum absolute atomic E-state index is 0.0303. The van der Waals surface area contributed by atoms with Crippen molar-refractivity contribution in [2.75, 3.05) is 16.9 Å². The molecule has 0 atom stereocenters. The van der Waals surface area contributed by atoms with Crippen molar-refractivity contribution in [2.45, 2.75) is 12.8 Å². The van der Waals surface area contributed by atoms with Gasteiger partial charge < -0.3 is 9.97 Å². The number of H-pyrrole nitrogens is 2. The lowest BCUT2D eigenvalue weighted by atomic mass is 10.1. The van der Waals surface area contributed by atoms with Crippen LogP contribution >= 0.6 is 0 Å². The third-order valence-electron chi connectivity index (χ3n) is 5.72. The molecule has 2 N–H and O–H groups in total. The Balaban J connectivity index is 1.56. The predicted octanol–water partition coefficient (Wildman–Crippen LogP) is 3.58. The summed E-state index contributed by atoms with van der Waals surface area (Å²) in [6.07, 6.45) is 5.10. The largest absolute Gasteiger partial charge is 0.361 e. The number of para-hydroxylation sites is 2. The summed E-state index contributed by atoms with van der Waals surface area (Å²) >= 11 is 0. The molecule has 7 nitrogen and oxygen atoms in total. The molecule has 1 aliphatic rings. The van der Waals surface area contributed by atoms with Crippen LogP contribution in [0.2, 0.25) is 0 Å². The Bertz CT molecular complexity index is 1530. The summed E-state index contributed by atoms with van der Waals surface area (Å²) in [4.78, 5) is 34.2. The maximum Gasteiger partial charge on any atom is 0.266 e. The maximum atomic E-state index is 13.5. The minimum Gasteiger partial charge on any atom is -0.361 e. The summed E-state index contributed by atoms with van der Waals surface area (Å²) in [5.41, 5.74) is 3.86. The molecule has 3 heterocycles. The van der Waals surface area contributed by atoms with Gasteiger partial charge in [0.1, 0.15) is 9.84 Å². The number of carbonyl (C=O) groups is 2. The Hall–Kier alpha value is -3.65. The van der Waals surface area contributed by atoms with Crippen LogP contribution < -0.4 is 4.90 Å². The summed E-state index contributed by atoms with van der Waals surface area (Å²) in [7, 11) is -3.11. The minimum atomic E-state index is -3.11. The Labute approximate surface area is 184 Å². The number of nitrogens with zero attached hydrogens (tertiary/aromatic N) is 1. The van der Waals surface area contributed by atoms with Crippen molar-refractivity contribution >= 4 is 54.7 Å². The number of nitrogens with one attached hydrogen (secondary N) is 2. The zero-order valence-electron chi connectivity index (χ0n) is 17.4. The zero-order chi connectivity index (χ0) is 22.5. The van der Waals surface area contributed by atoms with Gasteiger partial charge in [-0.3, -0.25) is 9.59 Å². The molecule has 2 aromatic heterocycles. The maximum absolute atomic E-state index is 13.5. The molecule has 0 fully saturated rings. The molecule has 0 spiro atoms. The average Bonchev–Trinajstić information content (AvgIpc) is 3.40. The number of imide groups is 1. The molecule has 0 saturated carbocycles. The van der Waals surface area contributed by atoms with E-state index in [9.17, 15) is 18.0 Å². The molecule has 0 bridgehead atoms. The van der Waals surface area contributed by atoms with Gasteiger partial charge in [0.25, 0.3) is 11.8 Å². The molecular formula is C24H21N3O4S. The van der Waals surface area contributed by atoms with Crippen LogP contribution in [0.3, 0.4) is 0 Å². The summed E-state index contributed by atoms with van der Waals surface area (Å²) in [6, 6.07) is 15.1. The topological polar surface area (TPSA) is 103 Å². The molecule has 2 amide bonds. The molecule has 32 heavy (non-hydrogen) atoms. The average molecular weight is 448 g/mol. The number of aromatic amines is 2. The number of carbonyl (C=O) groups excluding carboxylic acids is 2. The van der Waals surface area contributed by atoms with E-state index in [1.165, 1.54) is 17.2 Å². The molecule has 0 aliphatic carbocycles. The first-order valence-electron chi connectivity index (χ1n) is 10.3. The highest BCUT2D eigenvalue weighted by Gasteiger charge is 2.36. The number of hydrogen-bond donors (Lipinski definition) is 2. The van der Waals surface area contributed by atoms with Gasteiger partial charge in [-0.1, -0.05) is 36.4 Å². The Morgan fingerprint density at radius 2 is 1.62 bits per heavy atom. The highest BCUT2D eigenvalue weighted by molar-refractivity contribution is 7.90. The first kappa shape index (κ1) is 20.3. The van der Waals surface area contributed by atoms with Gasteiger partial charge in [-0.25, -0.2) is 13.3 Å². The molecule has 162 valence electrons. The molecule has 0 unspecified atom stereocenters. The number of aromatic nitrogens is 2. The third kappa shape index (κ3) is 3.42. The molecule has 8 heteroatoms. The molecule has 0 saturated heterocycles. The van der Waals surface area contributed by atoms with Crippen molar-refractivity contribution in [1.29, 1.82) is 0 Å². The van der Waals surface area contributed by atoms with E-state index in [2.05, 4.69) is 9.97 Å². The number of rotatable bonds is 6. The molecular weight excluding hydrogens is 426 g/mol. The fraction of sp³-hybridized carbons (Fsp3) is 0.167. The number of benzene rings is 2. The van der Waals surface area contributed by atoms with Crippen LogP contribution in [0.25, 0.3) is 27.4 Å². The van der Waals surface area contributed by atoms with E-state index in [0.717, 1.165) is 21.8 Å². The number of sulfone groups is 1. The number of aryl methyl sites for hydroxylation is 1. The molecule has 5 rings (SSSR count). The second kappa shape index (κ2) is 7.49. The van der Waals surface area contributed by atoms with Crippen molar-refractivity contribution < 1.29 is 18.0 Å². The Kier molecular flexibility index (Phi) is 4.74. The van der Waals surface area contributed by atoms with Crippen molar-refractivity contribution in [3.05, 3.63) is 72.1 Å². The fourth-order valence-electron chi connectivity index (χ4n) is 4.30. The van der Waals surface area contributed by atoms with E-state index < -0.39 is 21.7 Å². The number of fused-ring (bicyclic) bond motifs is 2. The van der Waals surface area contributed by atoms with Gasteiger partial charge in [0, 0.05) is 51.6 Å². The van der Waals surface area contributed by atoms with E-state index in [0.29, 0.717) is 35.4 Å². The van der Waals surface area contributed by atoms with Gasteiger partial charge in [-0.05, 0) is 25.0 Å². The summed E-state index contributed by atoms with van der Waals surface area (Å²) < 4.78 is 23.2. The lowest BCUT2D eigenvalue weighted by molar-refractivity contribution is -0.119. The third-order valence-corrected chi connectivity index (χ3v) is 6.75. The standard InChI is InChI=1S/C24H21N3O4S/c1-32(30,31)12-6-11-21-23(16-8-3-5-10-20(16)26-21)27-22(28)13-17(24(27)29)18-14-25-19-9-4-2-7-15(18)19/h2-5,7-10,13-14,25-26H,6,11-12H2,1H3. The van der Waals surface area contributed by atoms with Crippen molar-refractivity contribution in [3.8, 4) is 0 Å². The van der Waals surface area contributed by atoms with Crippen LogP contribution in [0, 0.1) is 0 Å². The van der Waals surface area contributed by atoms with Gasteiger partial charge >= 0.3 is 0 Å². The molecule has 0 radical (unpaired) electrons. The number of anilines is 1. The van der Waals surface area contributed by atoms with Crippen molar-refractivity contribution in [1.82, 2.24) is 9.97 Å². The van der Waals surface area contributed by atoms with Crippen LogP contribution in [0.15, 0.2) is 60.8 Å². The van der Waals surface area contributed by atoms with Gasteiger partial charge in [0.05, 0.1) is 17.0 Å². The lowest BCUT2D eigenvalue weighted by Crippen LogP contribution is -2.31. The van der Waals surface area contributed by atoms with Crippen LogP contribution in [0.1, 0.15) is 17.7 Å². The molecule has 1 aliphatic heterocycles. The van der Waals surface area contributed by atoms with Gasteiger partial charge in [0.2, 0.25) is 0 Å². The van der Waals surface area contributed by atoms with E-state index in [-0.39, 0.29) is 5.75 Å². The molecule has 2 aromatic carbocycles. The normalized spacial score (nSPS) is 14.7. The highest BCUT2D eigenvalue weighted by atomic mass is 32.2. The van der Waals surface area contributed by atoms with E-state index in [1.807, 2.05) is 48.5 Å². The molecule has 4 aromatic rings. The van der Waals surface area contributed by atoms with Crippen LogP contribution in [-0.4, -0.2) is 42.2 Å². The van der Waals surface area contributed by atoms with E-state index in [1.54, 1.807) is 6.20 Å². The SMILES string of the molecule is CS(=O)(=O)CCCc1[nH]c2ccccc2c1N1C(=O)C=C(c2c[nH]c3ccccc23)C1=O. The van der Waals surface area contributed by atoms with Gasteiger partial charge in [0.15, 0.2) is 0 Å². The Morgan fingerprint density at radius 1 is 0.938 bits per heavy atom. The van der Waals surface area contributed by atoms with E-state index >= 15 is 0 Å². The van der Waals surface area contributed by atoms with Crippen LogP contribution in [-0.2, 0) is 25.8 Å². The second-order valence-corrected chi connectivity index (χ2v) is 10.3. The summed E-state index contributed by atoms with van der Waals surface area (Å²) in [5, 5.41) is 1.62. The predicted molar refractivity (Wildman–Crippen MR) is 125 cm³/mol. The van der Waals surface area contributed by atoms with E-state index in [4.69, 9.17) is 0 Å². The second-order valence-electron chi connectivity index (χ2n) is 8.02. The first-order chi connectivity index (χ1) is 15.3. The van der Waals surface area contributed by atoms with Crippen LogP contribution in [0.5, 0.6) is 0 Å². The van der Waals surface area contributed by atoms with Crippen LogP contribution in [0.4, 0.5) is 5.69 Å². The first-order valence-corrected chi connectivity index (χ1v) is 12.3. The quantitative estimate of drug-likeness (QED) is 0.441. The zero-order valence-corrected chi connectivity index (χ0v) is 18.2. The lowest BCUT2D eigenvalue weighted by Gasteiger charge is -2.16. The van der Waals surface area contributed by atoms with Crippen molar-refractivity contribution in [2.24, 2.45) is 0 Å².